The topological polar surface area (TPSA) is 69.2 Å². The van der Waals surface area contributed by atoms with Crippen LogP contribution in [0.1, 0.15) is 11.3 Å². The van der Waals surface area contributed by atoms with E-state index in [9.17, 15) is 9.90 Å². The van der Waals surface area contributed by atoms with Crippen LogP contribution in [-0.4, -0.2) is 32.9 Å². The molecule has 2 aromatic rings. The molecule has 5 heteroatoms. The van der Waals surface area contributed by atoms with E-state index in [1.54, 1.807) is 54.8 Å². The molecule has 5 nitrogen and oxygen atoms in total. The van der Waals surface area contributed by atoms with Gasteiger partial charge in [0.2, 0.25) is 5.91 Å². The van der Waals surface area contributed by atoms with Crippen LogP contribution in [0.5, 0.6) is 5.75 Å². The molecule has 0 aliphatic rings. The minimum absolute atomic E-state index is 0.0947. The number of hydrogen-bond acceptors (Lipinski definition) is 3. The Labute approximate surface area is 111 Å². The van der Waals surface area contributed by atoms with Crippen LogP contribution >= 0.6 is 0 Å². The molecule has 0 bridgehead atoms. The molecule has 0 radical (unpaired) electrons. The largest absolute Gasteiger partial charge is 0.508 e. The average molecular weight is 257 g/mol. The van der Waals surface area contributed by atoms with E-state index in [1.807, 2.05) is 0 Å². The first-order valence-electron chi connectivity index (χ1n) is 5.84. The first-order chi connectivity index (χ1) is 9.15. The van der Waals surface area contributed by atoms with Gasteiger partial charge >= 0.3 is 0 Å². The second-order valence-corrected chi connectivity index (χ2v) is 4.20. The molecule has 1 amide bonds. The van der Waals surface area contributed by atoms with Crippen LogP contribution in [0.3, 0.4) is 0 Å². The third-order valence-electron chi connectivity index (χ3n) is 2.66. The van der Waals surface area contributed by atoms with Crippen molar-refractivity contribution in [1.29, 1.82) is 0 Å². The van der Waals surface area contributed by atoms with Crippen LogP contribution in [0.2, 0.25) is 0 Å². The predicted molar refractivity (Wildman–Crippen MR) is 72.2 cm³/mol. The van der Waals surface area contributed by atoms with Crippen LogP contribution in [-0.2, 0) is 11.3 Å². The average Bonchev–Trinajstić information content (AvgIpc) is 2.91. The van der Waals surface area contributed by atoms with Gasteiger partial charge in [-0.1, -0.05) is 12.1 Å². The van der Waals surface area contributed by atoms with Gasteiger partial charge in [-0.2, -0.15) is 0 Å². The number of nitrogens with zero attached hydrogens (tertiary/aromatic N) is 2. The van der Waals surface area contributed by atoms with Gasteiger partial charge in [0.15, 0.2) is 0 Å². The number of aromatic amines is 1. The molecule has 0 unspecified atom stereocenters. The summed E-state index contributed by atoms with van der Waals surface area (Å²) in [6.07, 6.45) is 6.38. The van der Waals surface area contributed by atoms with Gasteiger partial charge in [0, 0.05) is 19.7 Å². The minimum Gasteiger partial charge on any atom is -0.508 e. The molecule has 1 aromatic heterocycles. The Balaban J connectivity index is 1.94. The van der Waals surface area contributed by atoms with Crippen molar-refractivity contribution in [3.63, 3.8) is 0 Å². The summed E-state index contributed by atoms with van der Waals surface area (Å²) in [6, 6.07) is 6.79. The van der Waals surface area contributed by atoms with Crippen molar-refractivity contribution in [3.05, 3.63) is 54.1 Å². The Morgan fingerprint density at radius 3 is 2.79 bits per heavy atom. The summed E-state index contributed by atoms with van der Waals surface area (Å²) in [7, 11) is 1.73. The van der Waals surface area contributed by atoms with Gasteiger partial charge in [-0.25, -0.2) is 4.98 Å². The highest BCUT2D eigenvalue weighted by atomic mass is 16.3. The van der Waals surface area contributed by atoms with Crippen LogP contribution in [0.15, 0.2) is 42.9 Å². The Hall–Kier alpha value is -2.56. The van der Waals surface area contributed by atoms with Crippen molar-refractivity contribution in [1.82, 2.24) is 14.9 Å². The summed E-state index contributed by atoms with van der Waals surface area (Å²) in [5.41, 5.74) is 1.75. The Kier molecular flexibility index (Phi) is 3.97. The quantitative estimate of drug-likeness (QED) is 0.820. The number of aromatic nitrogens is 2. The summed E-state index contributed by atoms with van der Waals surface area (Å²) < 4.78 is 0. The second-order valence-electron chi connectivity index (χ2n) is 4.20. The third kappa shape index (κ3) is 3.70. The lowest BCUT2D eigenvalue weighted by Gasteiger charge is -2.15. The number of nitrogens with one attached hydrogen (secondary N) is 1. The third-order valence-corrected chi connectivity index (χ3v) is 2.66. The lowest BCUT2D eigenvalue weighted by Crippen LogP contribution is -2.24. The van der Waals surface area contributed by atoms with Crippen LogP contribution in [0.4, 0.5) is 0 Å². The second kappa shape index (κ2) is 5.86. The zero-order valence-electron chi connectivity index (χ0n) is 10.6. The molecule has 0 saturated heterocycles. The maximum atomic E-state index is 11.9. The lowest BCUT2D eigenvalue weighted by molar-refractivity contribution is -0.125. The molecular weight excluding hydrogens is 242 g/mol. The van der Waals surface area contributed by atoms with E-state index in [2.05, 4.69) is 9.97 Å². The normalized spacial score (nSPS) is 10.8. The summed E-state index contributed by atoms with van der Waals surface area (Å²) >= 11 is 0. The Morgan fingerprint density at radius 2 is 2.16 bits per heavy atom. The van der Waals surface area contributed by atoms with E-state index in [-0.39, 0.29) is 11.7 Å². The number of phenols is 1. The smallest absolute Gasteiger partial charge is 0.246 e. The number of amides is 1. The first kappa shape index (κ1) is 12.9. The van der Waals surface area contributed by atoms with Gasteiger partial charge in [0.1, 0.15) is 5.75 Å². The van der Waals surface area contributed by atoms with Crippen LogP contribution in [0.25, 0.3) is 6.08 Å². The standard InChI is InChI=1S/C14H15N3O2/c1-17(9-11-2-5-13(18)6-3-11)14(19)7-4-12-8-15-10-16-12/h2-8,10,18H,9H2,1H3,(H,15,16)/b7-4+. The molecule has 0 aliphatic carbocycles. The fraction of sp³-hybridized carbons (Fsp3) is 0.143. The number of hydrogen-bond donors (Lipinski definition) is 2. The van der Waals surface area contributed by atoms with Crippen molar-refractivity contribution in [2.45, 2.75) is 6.54 Å². The number of carbonyl (C=O) groups is 1. The molecule has 2 N–H and O–H groups in total. The van der Waals surface area contributed by atoms with E-state index < -0.39 is 0 Å². The minimum atomic E-state index is -0.0947. The van der Waals surface area contributed by atoms with Crippen LogP contribution in [0, 0.1) is 0 Å². The maximum absolute atomic E-state index is 11.9. The highest BCUT2D eigenvalue weighted by molar-refractivity contribution is 5.91. The molecular formula is C14H15N3O2. The Morgan fingerprint density at radius 1 is 1.42 bits per heavy atom. The summed E-state index contributed by atoms with van der Waals surface area (Å²) in [4.78, 5) is 20.2. The number of H-pyrrole nitrogens is 1. The molecule has 1 heterocycles. The van der Waals surface area contributed by atoms with E-state index in [0.717, 1.165) is 11.3 Å². The van der Waals surface area contributed by atoms with Gasteiger partial charge in [0.05, 0.1) is 18.2 Å². The number of likely N-dealkylation sites (N-methyl/N-ethyl adjacent to an activating group) is 1. The van der Waals surface area contributed by atoms with Gasteiger partial charge in [-0.05, 0) is 23.8 Å². The fourth-order valence-electron chi connectivity index (χ4n) is 1.60. The molecule has 1 aromatic carbocycles. The van der Waals surface area contributed by atoms with Crippen molar-refractivity contribution >= 4 is 12.0 Å². The van der Waals surface area contributed by atoms with Crippen molar-refractivity contribution < 1.29 is 9.90 Å². The monoisotopic (exact) mass is 257 g/mol. The number of rotatable bonds is 4. The number of carbonyl (C=O) groups excluding carboxylic acids is 1. The fourth-order valence-corrected chi connectivity index (χ4v) is 1.60. The molecule has 2 rings (SSSR count). The lowest BCUT2D eigenvalue weighted by atomic mass is 10.2. The molecule has 0 aliphatic heterocycles. The zero-order chi connectivity index (χ0) is 13.7. The molecule has 0 saturated carbocycles. The van der Waals surface area contributed by atoms with Crippen molar-refractivity contribution in [3.8, 4) is 5.75 Å². The number of imidazole rings is 1. The number of phenolic OH excluding ortho intramolecular Hbond substituents is 1. The van der Waals surface area contributed by atoms with Gasteiger partial charge in [-0.15, -0.1) is 0 Å². The van der Waals surface area contributed by atoms with Gasteiger partial charge in [0.25, 0.3) is 0 Å². The van der Waals surface area contributed by atoms with Crippen molar-refractivity contribution in [2.75, 3.05) is 7.05 Å². The molecule has 0 spiro atoms. The SMILES string of the molecule is CN(Cc1ccc(O)cc1)C(=O)/C=C/c1cnc[nH]1. The predicted octanol–water partition coefficient (Wildman–Crippen LogP) is 1.79. The first-order valence-corrected chi connectivity index (χ1v) is 5.84. The van der Waals surface area contributed by atoms with E-state index in [4.69, 9.17) is 0 Å². The van der Waals surface area contributed by atoms with E-state index >= 15 is 0 Å². The van der Waals surface area contributed by atoms with E-state index in [1.165, 1.54) is 6.08 Å². The summed E-state index contributed by atoms with van der Waals surface area (Å²) in [5, 5.41) is 9.19. The summed E-state index contributed by atoms with van der Waals surface area (Å²) in [5.74, 6) is 0.125. The maximum Gasteiger partial charge on any atom is 0.246 e. The highest BCUT2D eigenvalue weighted by Crippen LogP contribution is 2.11. The number of aromatic hydroxyl groups is 1. The molecule has 0 atom stereocenters. The van der Waals surface area contributed by atoms with Crippen LogP contribution < -0.4 is 0 Å². The summed E-state index contributed by atoms with van der Waals surface area (Å²) in [6.45, 7) is 0.492. The van der Waals surface area contributed by atoms with Gasteiger partial charge < -0.3 is 15.0 Å². The van der Waals surface area contributed by atoms with Crippen molar-refractivity contribution in [2.24, 2.45) is 0 Å². The molecule has 98 valence electrons. The number of benzene rings is 1. The van der Waals surface area contributed by atoms with E-state index in [0.29, 0.717) is 6.54 Å². The zero-order valence-corrected chi connectivity index (χ0v) is 10.6. The molecule has 19 heavy (non-hydrogen) atoms. The molecule has 0 fully saturated rings. The highest BCUT2D eigenvalue weighted by Gasteiger charge is 2.05. The van der Waals surface area contributed by atoms with Gasteiger partial charge in [-0.3, -0.25) is 4.79 Å². The Bertz CT molecular complexity index is 559.